The summed E-state index contributed by atoms with van der Waals surface area (Å²) >= 11 is 1.24. The minimum atomic E-state index is -0.198. The molecule has 0 bridgehead atoms. The average Bonchev–Trinajstić information content (AvgIpc) is 2.76. The molecule has 0 fully saturated rings. The number of benzene rings is 2. The van der Waals surface area contributed by atoms with E-state index in [0.29, 0.717) is 47.1 Å². The Morgan fingerprint density at radius 3 is 2.75 bits per heavy atom. The summed E-state index contributed by atoms with van der Waals surface area (Å²) in [6.45, 7) is 6.93. The van der Waals surface area contributed by atoms with Crippen LogP contribution >= 0.6 is 11.8 Å². The molecule has 170 valence electrons. The van der Waals surface area contributed by atoms with Crippen LogP contribution in [-0.4, -0.2) is 41.0 Å². The van der Waals surface area contributed by atoms with Crippen LogP contribution in [0.3, 0.4) is 0 Å². The van der Waals surface area contributed by atoms with Gasteiger partial charge in [0.1, 0.15) is 5.75 Å². The van der Waals surface area contributed by atoms with E-state index in [-0.39, 0.29) is 23.3 Å². The fourth-order valence-electron chi connectivity index (χ4n) is 3.23. The summed E-state index contributed by atoms with van der Waals surface area (Å²) in [5.41, 5.74) is 2.15. The van der Waals surface area contributed by atoms with Crippen LogP contribution in [0.15, 0.2) is 52.4 Å². The van der Waals surface area contributed by atoms with Crippen molar-refractivity contribution in [1.29, 1.82) is 0 Å². The molecule has 1 aromatic heterocycles. The zero-order valence-electron chi connectivity index (χ0n) is 18.9. The second kappa shape index (κ2) is 11.2. The molecular weight excluding hydrogens is 426 g/mol. The number of nitrogens with one attached hydrogen (secondary N) is 1. The van der Waals surface area contributed by atoms with E-state index in [1.807, 2.05) is 57.2 Å². The number of para-hydroxylation sites is 1. The summed E-state index contributed by atoms with van der Waals surface area (Å²) in [6.07, 6.45) is 0.816. The number of hydrogen-bond donors (Lipinski definition) is 1. The second-order valence-electron chi connectivity index (χ2n) is 7.68. The third kappa shape index (κ3) is 6.11. The smallest absolute Gasteiger partial charge is 0.262 e. The van der Waals surface area contributed by atoms with Gasteiger partial charge in [-0.2, -0.15) is 0 Å². The molecular formula is C24H29N3O4S. The molecule has 1 heterocycles. The van der Waals surface area contributed by atoms with Crippen molar-refractivity contribution < 1.29 is 14.3 Å². The Bertz CT molecular complexity index is 1140. The lowest BCUT2D eigenvalue weighted by Crippen LogP contribution is -2.25. The summed E-state index contributed by atoms with van der Waals surface area (Å²) in [5.74, 6) is 0.514. The highest BCUT2D eigenvalue weighted by Gasteiger charge is 2.14. The Morgan fingerprint density at radius 1 is 1.22 bits per heavy atom. The van der Waals surface area contributed by atoms with Gasteiger partial charge in [-0.15, -0.1) is 0 Å². The third-order valence-corrected chi connectivity index (χ3v) is 5.74. The van der Waals surface area contributed by atoms with Crippen LogP contribution in [0.25, 0.3) is 10.9 Å². The van der Waals surface area contributed by atoms with Crippen molar-refractivity contribution in [2.45, 2.75) is 45.0 Å². The second-order valence-corrected chi connectivity index (χ2v) is 8.62. The van der Waals surface area contributed by atoms with E-state index in [4.69, 9.17) is 9.47 Å². The van der Waals surface area contributed by atoms with Gasteiger partial charge in [0.05, 0.1) is 35.6 Å². The predicted molar refractivity (Wildman–Crippen MR) is 129 cm³/mol. The SMILES string of the molecule is COc1ccc(C)cc1NC(=O)CSc1nc2ccccc2c(=O)n1CCCOC(C)C. The first-order valence-electron chi connectivity index (χ1n) is 10.6. The number of nitrogens with zero attached hydrogens (tertiary/aromatic N) is 2. The van der Waals surface area contributed by atoms with Gasteiger partial charge in [-0.25, -0.2) is 4.98 Å². The van der Waals surface area contributed by atoms with E-state index in [1.165, 1.54) is 11.8 Å². The number of amides is 1. The number of hydrogen-bond acceptors (Lipinski definition) is 6. The van der Waals surface area contributed by atoms with Crippen LogP contribution in [0, 0.1) is 6.92 Å². The molecule has 8 heteroatoms. The number of aryl methyl sites for hydroxylation is 1. The molecule has 0 atom stereocenters. The molecule has 0 saturated carbocycles. The molecule has 2 aromatic carbocycles. The Labute approximate surface area is 192 Å². The van der Waals surface area contributed by atoms with E-state index >= 15 is 0 Å². The normalized spacial score (nSPS) is 11.2. The molecule has 32 heavy (non-hydrogen) atoms. The van der Waals surface area contributed by atoms with Gasteiger partial charge in [-0.3, -0.25) is 14.2 Å². The number of carbonyl (C=O) groups is 1. The highest BCUT2D eigenvalue weighted by atomic mass is 32.2. The molecule has 0 unspecified atom stereocenters. The minimum Gasteiger partial charge on any atom is -0.495 e. The Morgan fingerprint density at radius 2 is 2.00 bits per heavy atom. The van der Waals surface area contributed by atoms with Gasteiger partial charge in [0.25, 0.3) is 5.56 Å². The van der Waals surface area contributed by atoms with E-state index in [2.05, 4.69) is 10.3 Å². The first-order chi connectivity index (χ1) is 15.4. The van der Waals surface area contributed by atoms with Crippen LogP contribution in [0.1, 0.15) is 25.8 Å². The molecule has 1 amide bonds. The van der Waals surface area contributed by atoms with Crippen LogP contribution < -0.4 is 15.6 Å². The van der Waals surface area contributed by atoms with Gasteiger partial charge in [-0.05, 0) is 57.0 Å². The summed E-state index contributed by atoms with van der Waals surface area (Å²) in [6, 6.07) is 12.9. The number of rotatable bonds is 10. The zero-order chi connectivity index (χ0) is 23.1. The Kier molecular flexibility index (Phi) is 8.30. The number of thioether (sulfide) groups is 1. The largest absolute Gasteiger partial charge is 0.495 e. The van der Waals surface area contributed by atoms with E-state index < -0.39 is 0 Å². The van der Waals surface area contributed by atoms with Crippen LogP contribution in [0.5, 0.6) is 5.75 Å². The highest BCUT2D eigenvalue weighted by molar-refractivity contribution is 7.99. The molecule has 0 aliphatic carbocycles. The lowest BCUT2D eigenvalue weighted by molar-refractivity contribution is -0.113. The van der Waals surface area contributed by atoms with E-state index in [1.54, 1.807) is 17.7 Å². The maximum Gasteiger partial charge on any atom is 0.262 e. The highest BCUT2D eigenvalue weighted by Crippen LogP contribution is 2.26. The third-order valence-electron chi connectivity index (χ3n) is 4.77. The standard InChI is InChI=1S/C24H29N3O4S/c1-16(2)31-13-7-12-27-23(29)18-8-5-6-9-19(18)26-24(27)32-15-22(28)25-20-14-17(3)10-11-21(20)30-4/h5-6,8-11,14,16H,7,12-13,15H2,1-4H3,(H,25,28). The number of aromatic nitrogens is 2. The molecule has 3 aromatic rings. The van der Waals surface area contributed by atoms with Gasteiger partial charge < -0.3 is 14.8 Å². The number of fused-ring (bicyclic) bond motifs is 1. The van der Waals surface area contributed by atoms with Crippen molar-refractivity contribution in [3.63, 3.8) is 0 Å². The monoisotopic (exact) mass is 455 g/mol. The lowest BCUT2D eigenvalue weighted by Gasteiger charge is -2.14. The van der Waals surface area contributed by atoms with Crippen molar-refractivity contribution in [2.24, 2.45) is 0 Å². The number of carbonyl (C=O) groups excluding carboxylic acids is 1. The summed E-state index contributed by atoms with van der Waals surface area (Å²) in [7, 11) is 1.57. The van der Waals surface area contributed by atoms with Crippen LogP contribution in [0.4, 0.5) is 5.69 Å². The molecule has 0 radical (unpaired) electrons. The fourth-order valence-corrected chi connectivity index (χ4v) is 4.06. The van der Waals surface area contributed by atoms with Crippen molar-refractivity contribution in [1.82, 2.24) is 9.55 Å². The van der Waals surface area contributed by atoms with Crippen molar-refractivity contribution in [2.75, 3.05) is 24.8 Å². The molecule has 0 aliphatic heterocycles. The van der Waals surface area contributed by atoms with Crippen LogP contribution in [0.2, 0.25) is 0 Å². The first kappa shape index (κ1) is 23.8. The zero-order valence-corrected chi connectivity index (χ0v) is 19.7. The molecule has 0 saturated heterocycles. The topological polar surface area (TPSA) is 82.5 Å². The quantitative estimate of drug-likeness (QED) is 0.279. The van der Waals surface area contributed by atoms with Crippen LogP contribution in [-0.2, 0) is 16.1 Å². The fraction of sp³-hybridized carbons (Fsp3) is 0.375. The number of methoxy groups -OCH3 is 1. The Hall–Kier alpha value is -2.84. The summed E-state index contributed by atoms with van der Waals surface area (Å²) < 4.78 is 12.6. The maximum atomic E-state index is 13.1. The predicted octanol–water partition coefficient (Wildman–Crippen LogP) is 4.26. The van der Waals surface area contributed by atoms with Crippen molar-refractivity contribution >= 4 is 34.3 Å². The summed E-state index contributed by atoms with van der Waals surface area (Å²) in [5, 5.41) is 3.97. The molecule has 1 N–H and O–H groups in total. The first-order valence-corrected chi connectivity index (χ1v) is 11.6. The van der Waals surface area contributed by atoms with Gasteiger partial charge in [-0.1, -0.05) is 30.0 Å². The van der Waals surface area contributed by atoms with Gasteiger partial charge in [0.2, 0.25) is 5.91 Å². The molecule has 3 rings (SSSR count). The van der Waals surface area contributed by atoms with Crippen molar-refractivity contribution in [3.05, 3.63) is 58.4 Å². The maximum absolute atomic E-state index is 13.1. The van der Waals surface area contributed by atoms with Crippen molar-refractivity contribution in [3.8, 4) is 5.75 Å². The minimum absolute atomic E-state index is 0.108. The van der Waals surface area contributed by atoms with Gasteiger partial charge in [0.15, 0.2) is 5.16 Å². The van der Waals surface area contributed by atoms with Gasteiger partial charge >= 0.3 is 0 Å². The molecule has 7 nitrogen and oxygen atoms in total. The number of anilines is 1. The summed E-state index contributed by atoms with van der Waals surface area (Å²) in [4.78, 5) is 30.4. The molecule has 0 spiro atoms. The average molecular weight is 456 g/mol. The lowest BCUT2D eigenvalue weighted by atomic mass is 10.2. The van der Waals surface area contributed by atoms with E-state index in [9.17, 15) is 9.59 Å². The Balaban J connectivity index is 1.78. The molecule has 0 aliphatic rings. The number of ether oxygens (including phenoxy) is 2. The van der Waals surface area contributed by atoms with Gasteiger partial charge in [0, 0.05) is 13.2 Å². The van der Waals surface area contributed by atoms with E-state index in [0.717, 1.165) is 5.56 Å².